The quantitative estimate of drug-likeness (QED) is 0.369. The van der Waals surface area contributed by atoms with Crippen LogP contribution in [0.5, 0.6) is 5.75 Å². The van der Waals surface area contributed by atoms with Crippen LogP contribution in [0.25, 0.3) is 0 Å². The van der Waals surface area contributed by atoms with Crippen LogP contribution < -0.4 is 10.1 Å². The van der Waals surface area contributed by atoms with E-state index in [2.05, 4.69) is 5.32 Å². The van der Waals surface area contributed by atoms with Gasteiger partial charge < -0.3 is 15.0 Å². The number of hydrogen-bond donors (Lipinski definition) is 1. The number of benzene rings is 2. The molecule has 3 rings (SSSR count). The standard InChI is InChI=1S/C25H27Cl2FN2O4/c1-2-24(33)34-25-20(28)4-3-5-21(25)29-22(31)15-17-10-12-30(13-11-17)23(32)9-7-16-6-8-18(26)19(27)14-16/h3-6,8,14,17H,2,7,9-13,15H2,1H3,(H,29,31). The van der Waals surface area contributed by atoms with Gasteiger partial charge >= 0.3 is 5.97 Å². The molecule has 0 unspecified atom stereocenters. The van der Waals surface area contributed by atoms with E-state index in [9.17, 15) is 18.8 Å². The second-order valence-corrected chi connectivity index (χ2v) is 9.08. The van der Waals surface area contributed by atoms with Gasteiger partial charge in [-0.1, -0.05) is 42.3 Å². The molecule has 1 aliphatic rings. The molecular formula is C25H27Cl2FN2O4. The van der Waals surface area contributed by atoms with Crippen LogP contribution in [0.1, 0.15) is 44.6 Å². The summed E-state index contributed by atoms with van der Waals surface area (Å²) in [4.78, 5) is 38.5. The van der Waals surface area contributed by atoms with Gasteiger partial charge in [0.15, 0.2) is 11.6 Å². The smallest absolute Gasteiger partial charge is 0.311 e. The molecule has 1 N–H and O–H groups in total. The number of carbonyl (C=O) groups is 3. The summed E-state index contributed by atoms with van der Waals surface area (Å²) in [5.41, 5.74) is 1.08. The Morgan fingerprint density at radius 3 is 2.53 bits per heavy atom. The highest BCUT2D eigenvalue weighted by Gasteiger charge is 2.25. The Morgan fingerprint density at radius 2 is 1.85 bits per heavy atom. The number of halogens is 3. The lowest BCUT2D eigenvalue weighted by Crippen LogP contribution is -2.39. The minimum absolute atomic E-state index is 0.0658. The van der Waals surface area contributed by atoms with Gasteiger partial charge in [-0.25, -0.2) is 4.39 Å². The predicted molar refractivity (Wildman–Crippen MR) is 130 cm³/mol. The molecule has 2 aromatic rings. The van der Waals surface area contributed by atoms with Gasteiger partial charge in [-0.2, -0.15) is 0 Å². The van der Waals surface area contributed by atoms with Crippen molar-refractivity contribution < 1.29 is 23.5 Å². The lowest BCUT2D eigenvalue weighted by Gasteiger charge is -2.32. The molecule has 0 aliphatic carbocycles. The van der Waals surface area contributed by atoms with Gasteiger partial charge in [0, 0.05) is 32.4 Å². The number of esters is 1. The minimum atomic E-state index is -0.715. The molecule has 1 aliphatic heterocycles. The number of para-hydroxylation sites is 1. The monoisotopic (exact) mass is 508 g/mol. The normalized spacial score (nSPS) is 14.1. The molecule has 1 saturated heterocycles. The van der Waals surface area contributed by atoms with E-state index in [1.807, 2.05) is 11.0 Å². The summed E-state index contributed by atoms with van der Waals surface area (Å²) >= 11 is 12.0. The summed E-state index contributed by atoms with van der Waals surface area (Å²) in [5, 5.41) is 3.61. The molecule has 6 nitrogen and oxygen atoms in total. The number of nitrogens with zero attached hydrogens (tertiary/aromatic N) is 1. The SMILES string of the molecule is CCC(=O)Oc1c(F)cccc1NC(=O)CC1CCN(C(=O)CCc2ccc(Cl)c(Cl)c2)CC1. The first-order valence-corrected chi connectivity index (χ1v) is 12.0. The lowest BCUT2D eigenvalue weighted by atomic mass is 9.93. The molecule has 2 amide bonds. The van der Waals surface area contributed by atoms with Gasteiger partial charge in [0.25, 0.3) is 0 Å². The van der Waals surface area contributed by atoms with Crippen LogP contribution in [0, 0.1) is 11.7 Å². The average Bonchev–Trinajstić information content (AvgIpc) is 2.82. The first-order valence-electron chi connectivity index (χ1n) is 11.3. The van der Waals surface area contributed by atoms with Gasteiger partial charge in [0.1, 0.15) is 0 Å². The second kappa shape index (κ2) is 12.2. The molecule has 2 aromatic carbocycles. The van der Waals surface area contributed by atoms with Crippen molar-refractivity contribution in [2.75, 3.05) is 18.4 Å². The first-order chi connectivity index (χ1) is 16.3. The van der Waals surface area contributed by atoms with Crippen LogP contribution in [0.2, 0.25) is 10.0 Å². The Balaban J connectivity index is 1.46. The largest absolute Gasteiger partial charge is 0.421 e. The molecule has 0 spiro atoms. The van der Waals surface area contributed by atoms with Gasteiger partial charge in [-0.05, 0) is 55.0 Å². The van der Waals surface area contributed by atoms with Gasteiger partial charge in [0.2, 0.25) is 11.8 Å². The average molecular weight is 509 g/mol. The third kappa shape index (κ3) is 7.18. The highest BCUT2D eigenvalue weighted by atomic mass is 35.5. The van der Waals surface area contributed by atoms with E-state index in [0.717, 1.165) is 5.56 Å². The zero-order valence-electron chi connectivity index (χ0n) is 18.9. The van der Waals surface area contributed by atoms with E-state index in [0.29, 0.717) is 48.8 Å². The van der Waals surface area contributed by atoms with Crippen molar-refractivity contribution in [2.45, 2.75) is 45.4 Å². The highest BCUT2D eigenvalue weighted by Crippen LogP contribution is 2.29. The van der Waals surface area contributed by atoms with Crippen LogP contribution in [0.4, 0.5) is 10.1 Å². The maximum absolute atomic E-state index is 14.1. The summed E-state index contributed by atoms with van der Waals surface area (Å²) in [6, 6.07) is 9.46. The van der Waals surface area contributed by atoms with Crippen LogP contribution >= 0.6 is 23.2 Å². The molecule has 9 heteroatoms. The topological polar surface area (TPSA) is 75.7 Å². The van der Waals surface area contributed by atoms with E-state index in [-0.39, 0.29) is 42.0 Å². The number of hydrogen-bond acceptors (Lipinski definition) is 4. The maximum Gasteiger partial charge on any atom is 0.311 e. The summed E-state index contributed by atoms with van der Waals surface area (Å²) in [7, 11) is 0. The van der Waals surface area contributed by atoms with E-state index in [4.69, 9.17) is 27.9 Å². The van der Waals surface area contributed by atoms with Crippen molar-refractivity contribution in [3.05, 3.63) is 57.8 Å². The molecule has 182 valence electrons. The Hall–Kier alpha value is -2.64. The number of ether oxygens (including phenoxy) is 1. The number of anilines is 1. The maximum atomic E-state index is 14.1. The van der Waals surface area contributed by atoms with Crippen molar-refractivity contribution in [1.82, 2.24) is 4.90 Å². The first kappa shape index (κ1) is 26.0. The number of rotatable bonds is 8. The molecule has 1 fully saturated rings. The number of aryl methyl sites for hydroxylation is 1. The molecule has 0 bridgehead atoms. The van der Waals surface area contributed by atoms with Gasteiger partial charge in [-0.3, -0.25) is 14.4 Å². The number of carbonyl (C=O) groups excluding carboxylic acids is 3. The Labute approximate surface area is 208 Å². The predicted octanol–water partition coefficient (Wildman–Crippen LogP) is 5.65. The van der Waals surface area contributed by atoms with Crippen molar-refractivity contribution in [3.8, 4) is 5.75 Å². The third-order valence-corrected chi connectivity index (χ3v) is 6.54. The fraction of sp³-hybridized carbons (Fsp3) is 0.400. The molecule has 0 saturated carbocycles. The van der Waals surface area contributed by atoms with Gasteiger partial charge in [-0.15, -0.1) is 0 Å². The molecule has 0 aromatic heterocycles. The Bertz CT molecular complexity index is 1060. The lowest BCUT2D eigenvalue weighted by molar-refractivity contribution is -0.134. The third-order valence-electron chi connectivity index (χ3n) is 5.80. The van der Waals surface area contributed by atoms with Crippen molar-refractivity contribution in [2.24, 2.45) is 5.92 Å². The van der Waals surface area contributed by atoms with E-state index < -0.39 is 11.8 Å². The summed E-state index contributed by atoms with van der Waals surface area (Å²) < 4.78 is 19.1. The molecule has 0 radical (unpaired) electrons. The number of nitrogens with one attached hydrogen (secondary N) is 1. The highest BCUT2D eigenvalue weighted by molar-refractivity contribution is 6.42. The summed E-state index contributed by atoms with van der Waals surface area (Å²) in [6.07, 6.45) is 2.69. The number of amides is 2. The van der Waals surface area contributed by atoms with Crippen LogP contribution in [-0.2, 0) is 20.8 Å². The van der Waals surface area contributed by atoms with Crippen LogP contribution in [0.3, 0.4) is 0 Å². The second-order valence-electron chi connectivity index (χ2n) is 8.27. The Morgan fingerprint density at radius 1 is 1.12 bits per heavy atom. The summed E-state index contributed by atoms with van der Waals surface area (Å²) in [6.45, 7) is 2.76. The van der Waals surface area contributed by atoms with Crippen LogP contribution in [-0.4, -0.2) is 35.8 Å². The minimum Gasteiger partial charge on any atom is -0.421 e. The van der Waals surface area contributed by atoms with Crippen molar-refractivity contribution >= 4 is 46.7 Å². The molecule has 0 atom stereocenters. The van der Waals surface area contributed by atoms with E-state index >= 15 is 0 Å². The van der Waals surface area contributed by atoms with Crippen molar-refractivity contribution in [1.29, 1.82) is 0 Å². The fourth-order valence-corrected chi connectivity index (χ4v) is 4.17. The van der Waals surface area contributed by atoms with Gasteiger partial charge in [0.05, 0.1) is 15.7 Å². The number of piperidine rings is 1. The molecular weight excluding hydrogens is 482 g/mol. The van der Waals surface area contributed by atoms with Crippen LogP contribution in [0.15, 0.2) is 36.4 Å². The van der Waals surface area contributed by atoms with Crippen molar-refractivity contribution in [3.63, 3.8) is 0 Å². The molecule has 34 heavy (non-hydrogen) atoms. The fourth-order valence-electron chi connectivity index (χ4n) is 3.85. The zero-order chi connectivity index (χ0) is 24.7. The zero-order valence-corrected chi connectivity index (χ0v) is 20.4. The van der Waals surface area contributed by atoms with E-state index in [1.165, 1.54) is 18.2 Å². The Kier molecular flexibility index (Phi) is 9.30. The summed E-state index contributed by atoms with van der Waals surface area (Å²) in [5.74, 6) is -1.69. The number of likely N-dealkylation sites (tertiary alicyclic amines) is 1. The van der Waals surface area contributed by atoms with E-state index in [1.54, 1.807) is 19.1 Å². The molecule has 1 heterocycles.